The topological polar surface area (TPSA) is 54.6 Å². The highest BCUT2D eigenvalue weighted by Gasteiger charge is 2.12. The second-order valence-electron chi connectivity index (χ2n) is 4.26. The lowest BCUT2D eigenvalue weighted by Crippen LogP contribution is -2.43. The van der Waals surface area contributed by atoms with Gasteiger partial charge in [-0.15, -0.1) is 0 Å². The molecule has 1 N–H and O–H groups in total. The summed E-state index contributed by atoms with van der Waals surface area (Å²) in [6, 6.07) is 3.52. The first-order valence-corrected chi connectivity index (χ1v) is 4.63. The molecule has 0 aliphatic heterocycles. The SMILES string of the molecule is C[N+](C)(C)CC(=O)N/N=C\c1ccco1. The Balaban J connectivity index is 2.35. The lowest BCUT2D eigenvalue weighted by atomic mass is 10.5. The Labute approximate surface area is 89.0 Å². The van der Waals surface area contributed by atoms with Crippen molar-refractivity contribution in [1.82, 2.24) is 5.43 Å². The molecule has 1 aromatic rings. The molecule has 1 aromatic heterocycles. The van der Waals surface area contributed by atoms with E-state index in [2.05, 4.69) is 10.5 Å². The highest BCUT2D eigenvalue weighted by Crippen LogP contribution is 1.94. The molecule has 0 atom stereocenters. The molecule has 5 heteroatoms. The highest BCUT2D eigenvalue weighted by atomic mass is 16.3. The van der Waals surface area contributed by atoms with Crippen LogP contribution in [0.5, 0.6) is 0 Å². The Morgan fingerprint density at radius 2 is 2.33 bits per heavy atom. The number of quaternary nitrogens is 1. The van der Waals surface area contributed by atoms with Gasteiger partial charge in [-0.25, -0.2) is 5.43 Å². The van der Waals surface area contributed by atoms with Gasteiger partial charge in [0.2, 0.25) is 0 Å². The number of nitrogens with zero attached hydrogens (tertiary/aromatic N) is 2. The third-order valence-electron chi connectivity index (χ3n) is 1.54. The van der Waals surface area contributed by atoms with Crippen molar-refractivity contribution in [3.05, 3.63) is 24.2 Å². The molecule has 0 radical (unpaired) electrons. The molecule has 0 fully saturated rings. The first kappa shape index (κ1) is 11.5. The summed E-state index contributed by atoms with van der Waals surface area (Å²) >= 11 is 0. The van der Waals surface area contributed by atoms with Crippen molar-refractivity contribution in [1.29, 1.82) is 0 Å². The fourth-order valence-corrected chi connectivity index (χ4v) is 0.999. The molecule has 0 spiro atoms. The average molecular weight is 210 g/mol. The van der Waals surface area contributed by atoms with E-state index in [4.69, 9.17) is 4.42 Å². The van der Waals surface area contributed by atoms with Crippen LogP contribution in [0.15, 0.2) is 27.9 Å². The number of hydrogen-bond donors (Lipinski definition) is 1. The van der Waals surface area contributed by atoms with E-state index in [9.17, 15) is 4.79 Å². The maximum absolute atomic E-state index is 11.3. The molecule has 1 rings (SSSR count). The van der Waals surface area contributed by atoms with Crippen LogP contribution in [0.2, 0.25) is 0 Å². The van der Waals surface area contributed by atoms with Gasteiger partial charge in [-0.1, -0.05) is 0 Å². The molecule has 0 aliphatic carbocycles. The van der Waals surface area contributed by atoms with Crippen molar-refractivity contribution in [3.63, 3.8) is 0 Å². The van der Waals surface area contributed by atoms with Gasteiger partial charge < -0.3 is 8.90 Å². The number of hydrogen-bond acceptors (Lipinski definition) is 3. The van der Waals surface area contributed by atoms with E-state index in [1.807, 2.05) is 21.1 Å². The normalized spacial score (nSPS) is 11.9. The quantitative estimate of drug-likeness (QED) is 0.445. The van der Waals surface area contributed by atoms with Gasteiger partial charge in [0.05, 0.1) is 33.6 Å². The molecule has 0 unspecified atom stereocenters. The third kappa shape index (κ3) is 4.97. The Bertz CT molecular complexity index is 336. The number of likely N-dealkylation sites (N-methyl/N-ethyl adjacent to an activating group) is 1. The van der Waals surface area contributed by atoms with Crippen molar-refractivity contribution in [2.24, 2.45) is 5.10 Å². The molecule has 15 heavy (non-hydrogen) atoms. The number of carbonyl (C=O) groups is 1. The number of amides is 1. The predicted octanol–water partition coefficient (Wildman–Crippen LogP) is 0.436. The second-order valence-corrected chi connectivity index (χ2v) is 4.26. The molecule has 1 heterocycles. The van der Waals surface area contributed by atoms with Gasteiger partial charge in [-0.3, -0.25) is 4.79 Å². The van der Waals surface area contributed by atoms with Crippen LogP contribution in [0.3, 0.4) is 0 Å². The first-order chi connectivity index (χ1) is 6.97. The predicted molar refractivity (Wildman–Crippen MR) is 57.3 cm³/mol. The summed E-state index contributed by atoms with van der Waals surface area (Å²) in [5.41, 5.74) is 2.43. The Morgan fingerprint density at radius 3 is 2.87 bits per heavy atom. The molecule has 0 aliphatic rings. The van der Waals surface area contributed by atoms with Crippen LogP contribution in [-0.4, -0.2) is 44.3 Å². The van der Waals surface area contributed by atoms with Gasteiger partial charge in [0.1, 0.15) is 5.76 Å². The number of furan rings is 1. The summed E-state index contributed by atoms with van der Waals surface area (Å²) in [5, 5.41) is 3.77. The molecule has 0 bridgehead atoms. The summed E-state index contributed by atoms with van der Waals surface area (Å²) in [7, 11) is 5.82. The Hall–Kier alpha value is -1.62. The van der Waals surface area contributed by atoms with Crippen LogP contribution < -0.4 is 5.43 Å². The zero-order chi connectivity index (χ0) is 11.3. The van der Waals surface area contributed by atoms with Gasteiger partial charge >= 0.3 is 0 Å². The van der Waals surface area contributed by atoms with Crippen molar-refractivity contribution >= 4 is 12.1 Å². The second kappa shape index (κ2) is 4.75. The van der Waals surface area contributed by atoms with Gasteiger partial charge in [-0.2, -0.15) is 5.10 Å². The van der Waals surface area contributed by atoms with E-state index in [-0.39, 0.29) is 5.91 Å². The van der Waals surface area contributed by atoms with E-state index in [1.165, 1.54) is 6.21 Å². The van der Waals surface area contributed by atoms with Crippen LogP contribution in [0, 0.1) is 0 Å². The highest BCUT2D eigenvalue weighted by molar-refractivity contribution is 5.80. The average Bonchev–Trinajstić information content (AvgIpc) is 2.53. The maximum atomic E-state index is 11.3. The first-order valence-electron chi connectivity index (χ1n) is 4.63. The number of hydrazone groups is 1. The number of rotatable bonds is 4. The van der Waals surface area contributed by atoms with Gasteiger partial charge in [0.25, 0.3) is 5.91 Å². The molecule has 5 nitrogen and oxygen atoms in total. The Kier molecular flexibility index (Phi) is 3.62. The molecule has 0 saturated heterocycles. The summed E-state index contributed by atoms with van der Waals surface area (Å²) < 4.78 is 5.58. The fourth-order valence-electron chi connectivity index (χ4n) is 0.999. The summed E-state index contributed by atoms with van der Waals surface area (Å²) in [5.74, 6) is 0.492. The molecule has 0 aromatic carbocycles. The standard InChI is InChI=1S/C10H15N3O2/c1-13(2,3)8-10(14)12-11-7-9-5-4-6-15-9/h4-7H,8H2,1-3H3/p+1/b11-7-. The molecular formula is C10H16N3O2+. The van der Waals surface area contributed by atoms with E-state index in [1.54, 1.807) is 18.4 Å². The molecule has 0 saturated carbocycles. The van der Waals surface area contributed by atoms with Crippen LogP contribution in [0.1, 0.15) is 5.76 Å². The van der Waals surface area contributed by atoms with Gasteiger partial charge in [-0.05, 0) is 12.1 Å². The molecule has 82 valence electrons. The van der Waals surface area contributed by atoms with Gasteiger partial charge in [0, 0.05) is 0 Å². The van der Waals surface area contributed by atoms with Crippen molar-refractivity contribution in [2.75, 3.05) is 27.7 Å². The maximum Gasteiger partial charge on any atom is 0.295 e. The summed E-state index contributed by atoms with van der Waals surface area (Å²) in [6.07, 6.45) is 3.02. The van der Waals surface area contributed by atoms with Crippen molar-refractivity contribution in [2.45, 2.75) is 0 Å². The lowest BCUT2D eigenvalue weighted by Gasteiger charge is -2.21. The smallest absolute Gasteiger partial charge is 0.295 e. The van der Waals surface area contributed by atoms with E-state index in [0.29, 0.717) is 16.8 Å². The number of carbonyl (C=O) groups excluding carboxylic acids is 1. The van der Waals surface area contributed by atoms with Crippen LogP contribution in [0.25, 0.3) is 0 Å². The summed E-state index contributed by atoms with van der Waals surface area (Å²) in [6.45, 7) is 0.384. The minimum Gasteiger partial charge on any atom is -0.463 e. The van der Waals surface area contributed by atoms with E-state index >= 15 is 0 Å². The summed E-state index contributed by atoms with van der Waals surface area (Å²) in [4.78, 5) is 11.3. The van der Waals surface area contributed by atoms with Crippen molar-refractivity contribution < 1.29 is 13.7 Å². The van der Waals surface area contributed by atoms with Crippen LogP contribution in [-0.2, 0) is 4.79 Å². The largest absolute Gasteiger partial charge is 0.463 e. The third-order valence-corrected chi connectivity index (χ3v) is 1.54. The zero-order valence-electron chi connectivity index (χ0n) is 9.23. The van der Waals surface area contributed by atoms with E-state index in [0.717, 1.165) is 0 Å². The molecule has 1 amide bonds. The van der Waals surface area contributed by atoms with Crippen LogP contribution in [0.4, 0.5) is 0 Å². The molecular weight excluding hydrogens is 194 g/mol. The Morgan fingerprint density at radius 1 is 1.60 bits per heavy atom. The monoisotopic (exact) mass is 210 g/mol. The lowest BCUT2D eigenvalue weighted by molar-refractivity contribution is -0.862. The van der Waals surface area contributed by atoms with E-state index < -0.39 is 0 Å². The minimum absolute atomic E-state index is 0.120. The zero-order valence-corrected chi connectivity index (χ0v) is 9.23. The number of nitrogens with one attached hydrogen (secondary N) is 1. The minimum atomic E-state index is -0.120. The van der Waals surface area contributed by atoms with Crippen LogP contribution >= 0.6 is 0 Å². The van der Waals surface area contributed by atoms with Gasteiger partial charge in [0.15, 0.2) is 6.54 Å². The fraction of sp³-hybridized carbons (Fsp3) is 0.400. The van der Waals surface area contributed by atoms with Crippen molar-refractivity contribution in [3.8, 4) is 0 Å².